The molecule has 24 heavy (non-hydrogen) atoms. The van der Waals surface area contributed by atoms with Crippen molar-refractivity contribution >= 4 is 11.6 Å². The summed E-state index contributed by atoms with van der Waals surface area (Å²) in [6.07, 6.45) is 1.21. The van der Waals surface area contributed by atoms with Crippen LogP contribution in [0.4, 0.5) is 0 Å². The van der Waals surface area contributed by atoms with E-state index in [0.29, 0.717) is 22.3 Å². The highest BCUT2D eigenvalue weighted by molar-refractivity contribution is 6.30. The molecule has 0 aliphatic carbocycles. The fourth-order valence-electron chi connectivity index (χ4n) is 1.88. The zero-order valence-corrected chi connectivity index (χ0v) is 13.7. The third kappa shape index (κ3) is 3.75. The van der Waals surface area contributed by atoms with Crippen molar-refractivity contribution in [2.45, 2.75) is 20.0 Å². The van der Waals surface area contributed by atoms with Crippen molar-refractivity contribution in [2.24, 2.45) is 0 Å². The average molecular weight is 348 g/mol. The third-order valence-corrected chi connectivity index (χ3v) is 3.08. The van der Waals surface area contributed by atoms with E-state index in [4.69, 9.17) is 25.5 Å². The number of ether oxygens (including phenoxy) is 2. The Balaban J connectivity index is 1.79. The zero-order chi connectivity index (χ0) is 17.1. The first-order chi connectivity index (χ1) is 11.5. The SMILES string of the molecule is CC(C)Oc1nn(-c2ccc(Oc3cccc(Cl)c3)nc2)c(=O)o1. The fourth-order valence-corrected chi connectivity index (χ4v) is 2.06. The molecule has 0 aliphatic rings. The van der Waals surface area contributed by atoms with Gasteiger partial charge in [-0.1, -0.05) is 22.8 Å². The molecule has 0 amide bonds. The van der Waals surface area contributed by atoms with Gasteiger partial charge in [-0.3, -0.25) is 0 Å². The first-order valence-electron chi connectivity index (χ1n) is 7.18. The number of nitrogens with zero attached hydrogens (tertiary/aromatic N) is 3. The molecule has 0 aliphatic heterocycles. The van der Waals surface area contributed by atoms with Gasteiger partial charge in [-0.2, -0.15) is 4.68 Å². The molecule has 1 aromatic carbocycles. The van der Waals surface area contributed by atoms with Gasteiger partial charge in [0.05, 0.1) is 18.0 Å². The molecule has 0 unspecified atom stereocenters. The molecule has 0 N–H and O–H groups in total. The Kier molecular flexibility index (Phi) is 4.52. The Bertz CT molecular complexity index is 887. The minimum atomic E-state index is -0.657. The van der Waals surface area contributed by atoms with Crippen LogP contribution in [0.15, 0.2) is 51.8 Å². The summed E-state index contributed by atoms with van der Waals surface area (Å²) in [4.78, 5) is 16.0. The van der Waals surface area contributed by atoms with Gasteiger partial charge in [-0.25, -0.2) is 9.78 Å². The number of hydrogen-bond acceptors (Lipinski definition) is 6. The number of rotatable bonds is 5. The predicted molar refractivity (Wildman–Crippen MR) is 87.2 cm³/mol. The van der Waals surface area contributed by atoms with E-state index in [1.807, 2.05) is 13.8 Å². The molecule has 0 saturated carbocycles. The molecule has 3 rings (SSSR count). The average Bonchev–Trinajstić information content (AvgIpc) is 2.88. The summed E-state index contributed by atoms with van der Waals surface area (Å²) in [5.41, 5.74) is 0.431. The van der Waals surface area contributed by atoms with E-state index in [9.17, 15) is 4.79 Å². The van der Waals surface area contributed by atoms with Crippen LogP contribution < -0.4 is 15.2 Å². The quantitative estimate of drug-likeness (QED) is 0.703. The standard InChI is InChI=1S/C16H14ClN3O4/c1-10(2)22-15-19-20(16(21)24-15)12-6-7-14(18-9-12)23-13-5-3-4-11(17)8-13/h3-10H,1-2H3. The molecular formula is C16H14ClN3O4. The van der Waals surface area contributed by atoms with Gasteiger partial charge in [0.1, 0.15) is 5.75 Å². The van der Waals surface area contributed by atoms with E-state index >= 15 is 0 Å². The molecule has 8 heteroatoms. The number of hydrogen-bond donors (Lipinski definition) is 0. The highest BCUT2D eigenvalue weighted by atomic mass is 35.5. The van der Waals surface area contributed by atoms with Gasteiger partial charge in [-0.05, 0) is 38.1 Å². The van der Waals surface area contributed by atoms with E-state index in [-0.39, 0.29) is 12.2 Å². The molecule has 0 atom stereocenters. The van der Waals surface area contributed by atoms with E-state index in [0.717, 1.165) is 4.68 Å². The van der Waals surface area contributed by atoms with Crippen LogP contribution in [0, 0.1) is 0 Å². The summed E-state index contributed by atoms with van der Waals surface area (Å²) >= 11 is 5.90. The Morgan fingerprint density at radius 3 is 2.75 bits per heavy atom. The van der Waals surface area contributed by atoms with E-state index in [1.165, 1.54) is 6.20 Å². The van der Waals surface area contributed by atoms with Crippen LogP contribution in [0.5, 0.6) is 17.7 Å². The molecule has 0 bridgehead atoms. The normalized spacial score (nSPS) is 10.8. The molecule has 7 nitrogen and oxygen atoms in total. The van der Waals surface area contributed by atoms with Gasteiger partial charge in [0.25, 0.3) is 0 Å². The van der Waals surface area contributed by atoms with Crippen molar-refractivity contribution in [1.29, 1.82) is 0 Å². The highest BCUT2D eigenvalue weighted by Crippen LogP contribution is 2.23. The Morgan fingerprint density at radius 2 is 2.08 bits per heavy atom. The molecule has 0 spiro atoms. The topological polar surface area (TPSA) is 79.4 Å². The monoisotopic (exact) mass is 347 g/mol. The van der Waals surface area contributed by atoms with E-state index < -0.39 is 5.76 Å². The predicted octanol–water partition coefficient (Wildman–Crippen LogP) is 3.45. The number of halogens is 1. The van der Waals surface area contributed by atoms with Crippen molar-refractivity contribution in [2.75, 3.05) is 0 Å². The minimum absolute atomic E-state index is 0.0887. The lowest BCUT2D eigenvalue weighted by molar-refractivity contribution is 0.172. The van der Waals surface area contributed by atoms with Gasteiger partial charge in [0.15, 0.2) is 0 Å². The number of benzene rings is 1. The summed E-state index contributed by atoms with van der Waals surface area (Å²) in [6, 6.07) is 10.2. The first kappa shape index (κ1) is 16.1. The highest BCUT2D eigenvalue weighted by Gasteiger charge is 2.12. The largest absolute Gasteiger partial charge is 0.446 e. The van der Waals surface area contributed by atoms with Crippen LogP contribution in [0.25, 0.3) is 5.69 Å². The van der Waals surface area contributed by atoms with E-state index in [2.05, 4.69) is 10.1 Å². The first-order valence-corrected chi connectivity index (χ1v) is 7.56. The summed E-state index contributed by atoms with van der Waals surface area (Å²) in [7, 11) is 0. The van der Waals surface area contributed by atoms with E-state index in [1.54, 1.807) is 36.4 Å². The molecule has 2 heterocycles. The van der Waals surface area contributed by atoms with Crippen LogP contribution in [-0.4, -0.2) is 20.9 Å². The van der Waals surface area contributed by atoms with Crippen molar-refractivity contribution in [3.8, 4) is 23.4 Å². The number of pyridine rings is 1. The zero-order valence-electron chi connectivity index (χ0n) is 13.0. The fraction of sp³-hybridized carbons (Fsp3) is 0.188. The Labute approximate surface area is 142 Å². The second-order valence-electron chi connectivity index (χ2n) is 5.13. The van der Waals surface area contributed by atoms with Crippen molar-refractivity contribution in [3.05, 3.63) is 58.2 Å². The Hall–Kier alpha value is -2.80. The second kappa shape index (κ2) is 6.76. The van der Waals surface area contributed by atoms with Crippen molar-refractivity contribution in [3.63, 3.8) is 0 Å². The van der Waals surface area contributed by atoms with Gasteiger partial charge < -0.3 is 13.9 Å². The second-order valence-corrected chi connectivity index (χ2v) is 5.56. The molecule has 124 valence electrons. The number of aromatic nitrogens is 3. The third-order valence-electron chi connectivity index (χ3n) is 2.85. The molecule has 0 saturated heterocycles. The summed E-state index contributed by atoms with van der Waals surface area (Å²) in [5.74, 6) is 0.265. The summed E-state index contributed by atoms with van der Waals surface area (Å²) in [5, 5.41) is 4.53. The summed E-state index contributed by atoms with van der Waals surface area (Å²) < 4.78 is 16.8. The molecule has 0 fully saturated rings. The Morgan fingerprint density at radius 1 is 1.25 bits per heavy atom. The lowest BCUT2D eigenvalue weighted by Crippen LogP contribution is -2.13. The van der Waals surface area contributed by atoms with Gasteiger partial charge in [0, 0.05) is 11.1 Å². The van der Waals surface area contributed by atoms with Crippen molar-refractivity contribution in [1.82, 2.24) is 14.8 Å². The van der Waals surface area contributed by atoms with Gasteiger partial charge in [0.2, 0.25) is 5.88 Å². The molecule has 0 radical (unpaired) electrons. The van der Waals surface area contributed by atoms with Gasteiger partial charge in [-0.15, -0.1) is 0 Å². The summed E-state index contributed by atoms with van der Waals surface area (Å²) in [6.45, 7) is 3.62. The van der Waals surface area contributed by atoms with Crippen LogP contribution in [0.3, 0.4) is 0 Å². The van der Waals surface area contributed by atoms with Crippen LogP contribution >= 0.6 is 11.6 Å². The molecule has 2 aromatic heterocycles. The molecule has 3 aromatic rings. The molecular weight excluding hydrogens is 334 g/mol. The minimum Gasteiger partial charge on any atom is -0.446 e. The lowest BCUT2D eigenvalue weighted by Gasteiger charge is -2.05. The van der Waals surface area contributed by atoms with Gasteiger partial charge >= 0.3 is 11.8 Å². The van der Waals surface area contributed by atoms with Crippen LogP contribution in [0.2, 0.25) is 5.02 Å². The maximum atomic E-state index is 11.8. The maximum absolute atomic E-state index is 11.8. The maximum Gasteiger partial charge on any atom is 0.444 e. The lowest BCUT2D eigenvalue weighted by atomic mass is 10.3. The van der Waals surface area contributed by atoms with Crippen LogP contribution in [-0.2, 0) is 0 Å². The van der Waals surface area contributed by atoms with Crippen molar-refractivity contribution < 1.29 is 13.9 Å². The van der Waals surface area contributed by atoms with Crippen LogP contribution in [0.1, 0.15) is 13.8 Å². The smallest absolute Gasteiger partial charge is 0.444 e.